The number of hydrogen-bond donors (Lipinski definition) is 2. The van der Waals surface area contributed by atoms with Crippen LogP contribution in [-0.2, 0) is 0 Å². The summed E-state index contributed by atoms with van der Waals surface area (Å²) in [4.78, 5) is 12.0. The molecule has 0 atom stereocenters. The summed E-state index contributed by atoms with van der Waals surface area (Å²) in [7, 11) is 0. The molecule has 2 N–H and O–H groups in total. The zero-order valence-corrected chi connectivity index (χ0v) is 12.9. The number of phenolic OH excluding ortho intramolecular Hbond substituents is 1. The fourth-order valence-electron chi connectivity index (χ4n) is 1.37. The van der Waals surface area contributed by atoms with E-state index in [1.807, 2.05) is 13.8 Å². The number of halogens is 2. The molecule has 0 heterocycles. The van der Waals surface area contributed by atoms with Crippen molar-refractivity contribution in [2.45, 2.75) is 25.8 Å². The molecule has 0 saturated carbocycles. The molecule has 0 aliphatic carbocycles. The summed E-state index contributed by atoms with van der Waals surface area (Å²) in [6.07, 6.45) is 0.816. The zero-order valence-electron chi connectivity index (χ0n) is 9.76. The van der Waals surface area contributed by atoms with Gasteiger partial charge in [0, 0.05) is 15.3 Å². The number of nitrogens with one attached hydrogen (secondary N) is 1. The molecule has 0 fully saturated rings. The molecular formula is C12H15Br2NO2. The number of carbonyl (C=O) groups excluding carboxylic acids is 1. The van der Waals surface area contributed by atoms with E-state index in [0.29, 0.717) is 0 Å². The number of amides is 1. The van der Waals surface area contributed by atoms with Crippen molar-refractivity contribution in [1.29, 1.82) is 0 Å². The first-order valence-corrected chi connectivity index (χ1v) is 7.14. The summed E-state index contributed by atoms with van der Waals surface area (Å²) in [6.45, 7) is 3.89. The van der Waals surface area contributed by atoms with Crippen LogP contribution in [0.15, 0.2) is 22.7 Å². The number of aromatic hydroxyl groups is 1. The van der Waals surface area contributed by atoms with Crippen LogP contribution in [0.4, 0.5) is 0 Å². The summed E-state index contributed by atoms with van der Waals surface area (Å²) in [5.41, 5.74) is -0.0176. The average Bonchev–Trinajstić information content (AvgIpc) is 2.15. The van der Waals surface area contributed by atoms with Crippen molar-refractivity contribution in [1.82, 2.24) is 5.32 Å². The van der Waals surface area contributed by atoms with Crippen LogP contribution in [0.25, 0.3) is 0 Å². The number of hydrogen-bond acceptors (Lipinski definition) is 2. The molecule has 0 saturated heterocycles. The van der Waals surface area contributed by atoms with E-state index in [4.69, 9.17) is 0 Å². The second kappa shape index (κ2) is 5.87. The lowest BCUT2D eigenvalue weighted by molar-refractivity contribution is 0.0909. The fourth-order valence-corrected chi connectivity index (χ4v) is 2.71. The number of rotatable bonds is 4. The third-order valence-electron chi connectivity index (χ3n) is 2.38. The first-order valence-electron chi connectivity index (χ1n) is 5.23. The van der Waals surface area contributed by atoms with Crippen molar-refractivity contribution in [2.75, 3.05) is 5.33 Å². The molecule has 0 unspecified atom stereocenters. The van der Waals surface area contributed by atoms with Crippen molar-refractivity contribution in [3.05, 3.63) is 28.2 Å². The van der Waals surface area contributed by atoms with Crippen molar-refractivity contribution in [3.8, 4) is 5.75 Å². The third kappa shape index (κ3) is 4.32. The summed E-state index contributed by atoms with van der Waals surface area (Å²) in [6, 6.07) is 4.83. The third-order valence-corrected chi connectivity index (χ3v) is 3.27. The van der Waals surface area contributed by atoms with Crippen LogP contribution in [0.3, 0.4) is 0 Å². The monoisotopic (exact) mass is 363 g/mol. The number of phenols is 1. The van der Waals surface area contributed by atoms with Crippen LogP contribution in [0.5, 0.6) is 5.75 Å². The molecule has 17 heavy (non-hydrogen) atoms. The second-order valence-electron chi connectivity index (χ2n) is 4.44. The molecule has 0 bridgehead atoms. The van der Waals surface area contributed by atoms with Gasteiger partial charge in [0.1, 0.15) is 5.75 Å². The first-order chi connectivity index (χ1) is 7.85. The van der Waals surface area contributed by atoms with Crippen LogP contribution in [-0.4, -0.2) is 21.9 Å². The zero-order chi connectivity index (χ0) is 13.1. The fraction of sp³-hybridized carbons (Fsp3) is 0.417. The van der Waals surface area contributed by atoms with Crippen LogP contribution >= 0.6 is 31.9 Å². The van der Waals surface area contributed by atoms with E-state index in [-0.39, 0.29) is 22.8 Å². The Morgan fingerprint density at radius 1 is 1.47 bits per heavy atom. The quantitative estimate of drug-likeness (QED) is 0.804. The Kier molecular flexibility index (Phi) is 5.01. The van der Waals surface area contributed by atoms with Crippen LogP contribution in [0.2, 0.25) is 0 Å². The highest BCUT2D eigenvalue weighted by molar-refractivity contribution is 9.10. The number of benzene rings is 1. The number of alkyl halides is 1. The highest BCUT2D eigenvalue weighted by atomic mass is 79.9. The van der Waals surface area contributed by atoms with Gasteiger partial charge in [0.2, 0.25) is 0 Å². The predicted octanol–water partition coefficient (Wildman–Crippen LogP) is 3.45. The van der Waals surface area contributed by atoms with Crippen molar-refractivity contribution >= 4 is 37.8 Å². The first kappa shape index (κ1) is 14.5. The molecule has 0 aliphatic rings. The summed E-state index contributed by atoms with van der Waals surface area (Å²) in [5, 5.41) is 13.4. The standard InChI is InChI=1S/C12H15Br2NO2/c1-12(2,5-6-13)15-11(17)9-4-3-8(14)7-10(9)16/h3-4,7,16H,5-6H2,1-2H3,(H,15,17). The molecule has 0 aliphatic heterocycles. The van der Waals surface area contributed by atoms with E-state index >= 15 is 0 Å². The van der Waals surface area contributed by atoms with E-state index in [2.05, 4.69) is 37.2 Å². The van der Waals surface area contributed by atoms with Gasteiger partial charge in [0.05, 0.1) is 5.56 Å². The molecule has 0 spiro atoms. The van der Waals surface area contributed by atoms with Gasteiger partial charge in [-0.25, -0.2) is 0 Å². The normalized spacial score (nSPS) is 11.3. The minimum Gasteiger partial charge on any atom is -0.507 e. The predicted molar refractivity (Wildman–Crippen MR) is 75.8 cm³/mol. The Morgan fingerprint density at radius 2 is 2.12 bits per heavy atom. The Labute approximate surface area is 118 Å². The van der Waals surface area contributed by atoms with Crippen molar-refractivity contribution in [3.63, 3.8) is 0 Å². The Bertz CT molecular complexity index is 419. The van der Waals surface area contributed by atoms with E-state index in [1.54, 1.807) is 12.1 Å². The van der Waals surface area contributed by atoms with Gasteiger partial charge in [-0.2, -0.15) is 0 Å². The second-order valence-corrected chi connectivity index (χ2v) is 6.15. The molecule has 1 amide bonds. The molecule has 1 aromatic carbocycles. The lowest BCUT2D eigenvalue weighted by atomic mass is 10.0. The van der Waals surface area contributed by atoms with Gasteiger partial charge in [-0.3, -0.25) is 4.79 Å². The van der Waals surface area contributed by atoms with Crippen LogP contribution in [0, 0.1) is 0 Å². The minimum atomic E-state index is -0.305. The molecular weight excluding hydrogens is 350 g/mol. The summed E-state index contributed by atoms with van der Waals surface area (Å²) in [5.74, 6) is -0.285. The van der Waals surface area contributed by atoms with Crippen molar-refractivity contribution < 1.29 is 9.90 Å². The Balaban J connectivity index is 2.83. The van der Waals surface area contributed by atoms with Gasteiger partial charge in [0.25, 0.3) is 5.91 Å². The average molecular weight is 365 g/mol. The SMILES string of the molecule is CC(C)(CCBr)NC(=O)c1ccc(Br)cc1O. The van der Waals surface area contributed by atoms with Gasteiger partial charge in [-0.15, -0.1) is 0 Å². The van der Waals surface area contributed by atoms with E-state index in [9.17, 15) is 9.90 Å². The van der Waals surface area contributed by atoms with E-state index < -0.39 is 0 Å². The molecule has 0 aromatic heterocycles. The van der Waals surface area contributed by atoms with Crippen LogP contribution in [0.1, 0.15) is 30.6 Å². The van der Waals surface area contributed by atoms with Gasteiger partial charge in [-0.05, 0) is 38.5 Å². The minimum absolute atomic E-state index is 0.0217. The van der Waals surface area contributed by atoms with Gasteiger partial charge < -0.3 is 10.4 Å². The molecule has 1 aromatic rings. The highest BCUT2D eigenvalue weighted by Gasteiger charge is 2.21. The van der Waals surface area contributed by atoms with Gasteiger partial charge in [0.15, 0.2) is 0 Å². The topological polar surface area (TPSA) is 49.3 Å². The highest BCUT2D eigenvalue weighted by Crippen LogP contribution is 2.23. The Hall–Kier alpha value is -0.550. The molecule has 1 rings (SSSR count). The molecule has 0 radical (unpaired) electrons. The van der Waals surface area contributed by atoms with Crippen LogP contribution < -0.4 is 5.32 Å². The largest absolute Gasteiger partial charge is 0.507 e. The maximum absolute atomic E-state index is 12.0. The lowest BCUT2D eigenvalue weighted by Gasteiger charge is -2.25. The summed E-state index contributed by atoms with van der Waals surface area (Å²) < 4.78 is 0.742. The lowest BCUT2D eigenvalue weighted by Crippen LogP contribution is -2.43. The van der Waals surface area contributed by atoms with Gasteiger partial charge in [-0.1, -0.05) is 31.9 Å². The van der Waals surface area contributed by atoms with Gasteiger partial charge >= 0.3 is 0 Å². The molecule has 5 heteroatoms. The van der Waals surface area contributed by atoms with Crippen molar-refractivity contribution in [2.24, 2.45) is 0 Å². The molecule has 94 valence electrons. The Morgan fingerprint density at radius 3 is 2.65 bits per heavy atom. The number of carbonyl (C=O) groups is 1. The maximum Gasteiger partial charge on any atom is 0.255 e. The van der Waals surface area contributed by atoms with E-state index in [1.165, 1.54) is 6.07 Å². The van der Waals surface area contributed by atoms with E-state index in [0.717, 1.165) is 16.2 Å². The summed E-state index contributed by atoms with van der Waals surface area (Å²) >= 11 is 6.58. The smallest absolute Gasteiger partial charge is 0.255 e. The molecule has 3 nitrogen and oxygen atoms in total. The maximum atomic E-state index is 12.0.